The Morgan fingerprint density at radius 2 is 1.84 bits per heavy atom. The van der Waals surface area contributed by atoms with Crippen LogP contribution in [0.15, 0.2) is 39.1 Å². The van der Waals surface area contributed by atoms with Crippen molar-refractivity contribution in [2.45, 2.75) is 50.3 Å². The summed E-state index contributed by atoms with van der Waals surface area (Å²) < 4.78 is 17.5. The smallest absolute Gasteiger partial charge is 0.219 e. The number of Topliss-reactive ketones (excluding diaryl/α,β-unsaturated/α-hetero) is 1. The summed E-state index contributed by atoms with van der Waals surface area (Å²) in [5.41, 5.74) is 8.55. The van der Waals surface area contributed by atoms with Crippen molar-refractivity contribution in [3.8, 4) is 23.3 Å². The number of hydrogen-bond donors (Lipinski definition) is 1. The lowest BCUT2D eigenvalue weighted by Gasteiger charge is -2.42. The lowest BCUT2D eigenvalue weighted by Crippen LogP contribution is -2.42. The monoisotopic (exact) mass is 541 g/mol. The number of anilines is 1. The number of benzene rings is 1. The van der Waals surface area contributed by atoms with E-state index in [1.165, 1.54) is 32.7 Å². The minimum absolute atomic E-state index is 0.0385. The van der Waals surface area contributed by atoms with E-state index in [4.69, 9.17) is 19.9 Å². The van der Waals surface area contributed by atoms with E-state index < -0.39 is 5.92 Å². The van der Waals surface area contributed by atoms with Crippen LogP contribution in [0.25, 0.3) is 0 Å². The van der Waals surface area contributed by atoms with Gasteiger partial charge in [-0.3, -0.25) is 9.69 Å². The molecule has 11 heteroatoms. The molecule has 1 aromatic carbocycles. The van der Waals surface area contributed by atoms with E-state index in [0.717, 1.165) is 22.2 Å². The molecule has 2 aromatic rings. The first-order chi connectivity index (χ1) is 17.7. The molecule has 9 nitrogen and oxygen atoms in total. The summed E-state index contributed by atoms with van der Waals surface area (Å²) in [6, 6.07) is 5.74. The number of methoxy groups -OCH3 is 3. The van der Waals surface area contributed by atoms with Gasteiger partial charge in [0.1, 0.15) is 11.6 Å². The average molecular weight is 542 g/mol. The lowest BCUT2D eigenvalue weighted by molar-refractivity contribution is -0.118. The maximum absolute atomic E-state index is 13.8. The molecular weight excluding hydrogens is 510 g/mol. The molecule has 2 heterocycles. The van der Waals surface area contributed by atoms with Crippen LogP contribution in [0.3, 0.4) is 0 Å². The quantitative estimate of drug-likeness (QED) is 0.456. The molecule has 1 aromatic heterocycles. The predicted octanol–water partition coefficient (Wildman–Crippen LogP) is 5.01. The fourth-order valence-corrected chi connectivity index (χ4v) is 6.66. The predicted molar refractivity (Wildman–Crippen MR) is 144 cm³/mol. The van der Waals surface area contributed by atoms with Gasteiger partial charge in [-0.05, 0) is 24.3 Å². The van der Waals surface area contributed by atoms with Crippen molar-refractivity contribution >= 4 is 34.0 Å². The van der Waals surface area contributed by atoms with Crippen LogP contribution < -0.4 is 24.8 Å². The van der Waals surface area contributed by atoms with E-state index in [9.17, 15) is 10.1 Å². The number of nitrogens with two attached hydrogens (primary N) is 1. The van der Waals surface area contributed by atoms with Gasteiger partial charge in [0.2, 0.25) is 5.13 Å². The molecule has 1 atom stereocenters. The number of allylic oxidation sites excluding steroid dienone is 3. The molecule has 0 saturated carbocycles. The van der Waals surface area contributed by atoms with E-state index in [2.05, 4.69) is 37.0 Å². The van der Waals surface area contributed by atoms with Crippen LogP contribution in [0.1, 0.15) is 51.5 Å². The molecule has 1 aliphatic heterocycles. The third-order valence-corrected chi connectivity index (χ3v) is 8.69. The third kappa shape index (κ3) is 4.88. The highest BCUT2D eigenvalue weighted by Crippen LogP contribution is 2.53. The molecule has 2 N–H and O–H groups in total. The summed E-state index contributed by atoms with van der Waals surface area (Å²) >= 11 is 3.03. The minimum Gasteiger partial charge on any atom is -0.496 e. The molecular formula is C26H31N5O4S2. The van der Waals surface area contributed by atoms with E-state index in [1.54, 1.807) is 28.8 Å². The van der Waals surface area contributed by atoms with Crippen molar-refractivity contribution in [3.63, 3.8) is 0 Å². The Labute approximate surface area is 225 Å². The van der Waals surface area contributed by atoms with Gasteiger partial charge in [0.25, 0.3) is 0 Å². The van der Waals surface area contributed by atoms with Crippen molar-refractivity contribution in [2.24, 2.45) is 11.1 Å². The second-order valence-corrected chi connectivity index (χ2v) is 11.9. The Morgan fingerprint density at radius 3 is 2.46 bits per heavy atom. The van der Waals surface area contributed by atoms with E-state index in [1.807, 2.05) is 0 Å². The number of thioether (sulfide) groups is 1. The lowest BCUT2D eigenvalue weighted by atomic mass is 9.68. The van der Waals surface area contributed by atoms with Crippen molar-refractivity contribution in [2.75, 3.05) is 32.0 Å². The normalized spacial score (nSPS) is 19.0. The number of carbonyl (C=O) groups excluding carboxylic acids is 1. The Hall–Kier alpha value is -3.23. The molecule has 0 bridgehead atoms. The summed E-state index contributed by atoms with van der Waals surface area (Å²) in [5, 5.41) is 19.6. The van der Waals surface area contributed by atoms with Gasteiger partial charge in [0, 0.05) is 35.1 Å². The largest absolute Gasteiger partial charge is 0.496 e. The summed E-state index contributed by atoms with van der Waals surface area (Å²) in [6.45, 7) is 6.22. The molecule has 0 spiro atoms. The zero-order valence-electron chi connectivity index (χ0n) is 21.9. The maximum Gasteiger partial charge on any atom is 0.219 e. The van der Waals surface area contributed by atoms with Gasteiger partial charge in [-0.1, -0.05) is 43.9 Å². The van der Waals surface area contributed by atoms with Crippen LogP contribution in [0.2, 0.25) is 0 Å². The molecule has 1 unspecified atom stereocenters. The zero-order valence-corrected chi connectivity index (χ0v) is 23.5. The number of aromatic nitrogens is 2. The topological polar surface area (TPSA) is 124 Å². The Bertz CT molecular complexity index is 1320. The first-order valence-electron chi connectivity index (χ1n) is 11.9. The van der Waals surface area contributed by atoms with Crippen LogP contribution in [0.4, 0.5) is 5.13 Å². The van der Waals surface area contributed by atoms with Gasteiger partial charge in [0.05, 0.1) is 38.9 Å². The second-order valence-electron chi connectivity index (χ2n) is 9.63. The SMILES string of the molecule is CCCSc1nnc(N2C(N)=C(C#N)C(c3cc(OC)c(OC)cc3OC)C3=C2CC(C)(C)CC3=O)s1. The van der Waals surface area contributed by atoms with Gasteiger partial charge in [-0.15, -0.1) is 10.2 Å². The van der Waals surface area contributed by atoms with E-state index >= 15 is 0 Å². The molecule has 4 rings (SSSR count). The minimum atomic E-state index is -0.725. The first-order valence-corrected chi connectivity index (χ1v) is 13.7. The number of nitrogens with zero attached hydrogens (tertiary/aromatic N) is 4. The first kappa shape index (κ1) is 26.8. The highest BCUT2D eigenvalue weighted by Gasteiger charge is 2.46. The third-order valence-electron chi connectivity index (χ3n) is 6.44. The number of hydrogen-bond acceptors (Lipinski definition) is 11. The molecule has 196 valence electrons. The van der Waals surface area contributed by atoms with E-state index in [0.29, 0.717) is 46.4 Å². The van der Waals surface area contributed by atoms with Crippen LogP contribution in [0.5, 0.6) is 17.2 Å². The molecule has 37 heavy (non-hydrogen) atoms. The standard InChI is InChI=1S/C26H31N5O4S2/c1-7-8-36-25-30-29-24(37-25)31-16-11-26(2,3)12-17(32)22(16)21(15(13-27)23(31)28)14-9-19(34-5)20(35-6)10-18(14)33-4/h9-10,21H,7-8,11-12,28H2,1-6H3. The van der Waals surface area contributed by atoms with Crippen molar-refractivity contribution < 1.29 is 19.0 Å². The second kappa shape index (κ2) is 10.6. The number of ether oxygens (including phenoxy) is 3. The van der Waals surface area contributed by atoms with Crippen molar-refractivity contribution in [1.29, 1.82) is 5.26 Å². The van der Waals surface area contributed by atoms with Crippen LogP contribution in [-0.4, -0.2) is 43.1 Å². The maximum atomic E-state index is 13.8. The van der Waals surface area contributed by atoms with Gasteiger partial charge < -0.3 is 19.9 Å². The van der Waals surface area contributed by atoms with Crippen LogP contribution in [0, 0.1) is 16.7 Å². The highest BCUT2D eigenvalue weighted by molar-refractivity contribution is 8.01. The van der Waals surface area contributed by atoms with Gasteiger partial charge in [-0.25, -0.2) is 0 Å². The van der Waals surface area contributed by atoms with E-state index in [-0.39, 0.29) is 22.6 Å². The Morgan fingerprint density at radius 1 is 1.16 bits per heavy atom. The molecule has 0 amide bonds. The molecule has 0 radical (unpaired) electrons. The van der Waals surface area contributed by atoms with Crippen molar-refractivity contribution in [3.05, 3.63) is 40.4 Å². The zero-order chi connectivity index (χ0) is 26.9. The number of nitriles is 1. The molecule has 1 aliphatic carbocycles. The Balaban J connectivity index is 1.97. The van der Waals surface area contributed by atoms with Gasteiger partial charge >= 0.3 is 0 Å². The number of ketones is 1. The van der Waals surface area contributed by atoms with Gasteiger partial charge in [-0.2, -0.15) is 5.26 Å². The summed E-state index contributed by atoms with van der Waals surface area (Å²) in [7, 11) is 4.61. The fourth-order valence-electron chi connectivity index (χ4n) is 4.86. The summed E-state index contributed by atoms with van der Waals surface area (Å²) in [5.74, 6) is 1.80. The summed E-state index contributed by atoms with van der Waals surface area (Å²) in [6.07, 6.45) is 1.94. The van der Waals surface area contributed by atoms with Crippen LogP contribution in [-0.2, 0) is 4.79 Å². The van der Waals surface area contributed by atoms with Crippen molar-refractivity contribution in [1.82, 2.24) is 10.2 Å². The fraction of sp³-hybridized carbons (Fsp3) is 0.462. The van der Waals surface area contributed by atoms with Gasteiger partial charge in [0.15, 0.2) is 21.6 Å². The molecule has 0 saturated heterocycles. The summed E-state index contributed by atoms with van der Waals surface area (Å²) in [4.78, 5) is 15.6. The number of carbonyl (C=O) groups is 1. The molecule has 0 fully saturated rings. The van der Waals surface area contributed by atoms with Crippen LogP contribution >= 0.6 is 23.1 Å². The highest BCUT2D eigenvalue weighted by atomic mass is 32.2. The average Bonchev–Trinajstić information content (AvgIpc) is 3.33. The number of rotatable bonds is 8. The Kier molecular flexibility index (Phi) is 7.71. The molecule has 2 aliphatic rings.